The minimum absolute atomic E-state index is 0.0186. The van der Waals surface area contributed by atoms with Crippen molar-refractivity contribution in [2.75, 3.05) is 19.3 Å². The fourth-order valence-corrected chi connectivity index (χ4v) is 5.17. The van der Waals surface area contributed by atoms with Crippen LogP contribution in [-0.2, 0) is 14.8 Å². The van der Waals surface area contributed by atoms with Gasteiger partial charge < -0.3 is 4.90 Å². The van der Waals surface area contributed by atoms with Crippen LogP contribution in [0.5, 0.6) is 0 Å². The van der Waals surface area contributed by atoms with Gasteiger partial charge >= 0.3 is 0 Å². The highest BCUT2D eigenvalue weighted by Gasteiger charge is 2.47. The maximum absolute atomic E-state index is 13.7. The number of nitrogens with zero attached hydrogens (tertiary/aromatic N) is 1. The van der Waals surface area contributed by atoms with Gasteiger partial charge in [0.1, 0.15) is 0 Å². The number of nitrogens with one attached hydrogen (secondary N) is 1. The number of rotatable bonds is 5. The third kappa shape index (κ3) is 4.54. The summed E-state index contributed by atoms with van der Waals surface area (Å²) in [6.45, 7) is 0.995. The lowest BCUT2D eigenvalue weighted by atomic mass is 9.95. The number of piperidine rings is 1. The Kier molecular flexibility index (Phi) is 5.63. The third-order valence-electron chi connectivity index (χ3n) is 5.81. The first-order valence-corrected chi connectivity index (χ1v) is 11.9. The monoisotopic (exact) mass is 434 g/mol. The molecule has 1 saturated heterocycles. The van der Waals surface area contributed by atoms with E-state index in [0.717, 1.165) is 29.9 Å². The fourth-order valence-electron chi connectivity index (χ4n) is 4.37. The van der Waals surface area contributed by atoms with Crippen LogP contribution in [0.25, 0.3) is 11.1 Å². The first kappa shape index (κ1) is 20.9. The molecule has 160 valence electrons. The summed E-state index contributed by atoms with van der Waals surface area (Å²) in [5.41, 5.74) is 2.33. The van der Waals surface area contributed by atoms with Crippen molar-refractivity contribution < 1.29 is 22.0 Å². The second kappa shape index (κ2) is 8.07. The topological polar surface area (TPSA) is 66.5 Å². The number of carbonyl (C=O) groups excluding carboxylic acids is 1. The van der Waals surface area contributed by atoms with Crippen LogP contribution in [0.1, 0.15) is 30.7 Å². The Balaban J connectivity index is 1.49. The lowest BCUT2D eigenvalue weighted by Gasteiger charge is -2.33. The second-order valence-corrected chi connectivity index (χ2v) is 9.96. The van der Waals surface area contributed by atoms with Gasteiger partial charge in [-0.1, -0.05) is 30.3 Å². The van der Waals surface area contributed by atoms with Crippen LogP contribution < -0.4 is 4.72 Å². The minimum Gasteiger partial charge on any atom is -0.341 e. The highest BCUT2D eigenvalue weighted by Crippen LogP contribution is 2.51. The molecule has 2 aromatic rings. The Hall–Kier alpha value is -2.32. The van der Waals surface area contributed by atoms with Gasteiger partial charge in [-0.05, 0) is 54.0 Å². The van der Waals surface area contributed by atoms with Crippen molar-refractivity contribution in [3.63, 3.8) is 0 Å². The maximum Gasteiger partial charge on any atom is 0.226 e. The Labute approximate surface area is 175 Å². The molecule has 1 aliphatic carbocycles. The molecule has 2 aliphatic rings. The van der Waals surface area contributed by atoms with Gasteiger partial charge in [-0.15, -0.1) is 0 Å². The summed E-state index contributed by atoms with van der Waals surface area (Å²) < 4.78 is 52.7. The van der Waals surface area contributed by atoms with E-state index < -0.39 is 21.7 Å². The Morgan fingerprint density at radius 2 is 1.90 bits per heavy atom. The molecule has 30 heavy (non-hydrogen) atoms. The lowest BCUT2D eigenvalue weighted by Crippen LogP contribution is -2.49. The quantitative estimate of drug-likeness (QED) is 0.786. The van der Waals surface area contributed by atoms with E-state index in [-0.39, 0.29) is 23.8 Å². The van der Waals surface area contributed by atoms with E-state index in [4.69, 9.17) is 0 Å². The molecule has 1 saturated carbocycles. The molecular formula is C22H24F2N2O3S. The minimum atomic E-state index is -3.32. The second-order valence-electron chi connectivity index (χ2n) is 8.18. The third-order valence-corrected chi connectivity index (χ3v) is 6.57. The van der Waals surface area contributed by atoms with Crippen molar-refractivity contribution in [3.05, 3.63) is 59.7 Å². The number of sulfonamides is 1. The largest absolute Gasteiger partial charge is 0.341 e. The molecule has 5 nitrogen and oxygen atoms in total. The van der Waals surface area contributed by atoms with E-state index in [2.05, 4.69) is 4.72 Å². The molecule has 0 bridgehead atoms. The van der Waals surface area contributed by atoms with Gasteiger partial charge in [0.05, 0.1) is 6.26 Å². The van der Waals surface area contributed by atoms with Gasteiger partial charge in [-0.2, -0.15) is 0 Å². The zero-order valence-electron chi connectivity index (χ0n) is 16.6. The van der Waals surface area contributed by atoms with Crippen molar-refractivity contribution in [2.24, 2.45) is 5.92 Å². The SMILES string of the molecule is CS(=O)(=O)N[C@H]1CCCN(C(=O)[C@@H]2C[C@H]2c2ccccc2-c2ccc(F)c(F)c2)C1. The Morgan fingerprint density at radius 1 is 1.13 bits per heavy atom. The zero-order chi connectivity index (χ0) is 21.5. The van der Waals surface area contributed by atoms with Gasteiger partial charge in [0.15, 0.2) is 11.6 Å². The number of amides is 1. The number of hydrogen-bond acceptors (Lipinski definition) is 3. The van der Waals surface area contributed by atoms with Crippen LogP contribution in [0.2, 0.25) is 0 Å². The van der Waals surface area contributed by atoms with E-state index in [9.17, 15) is 22.0 Å². The van der Waals surface area contributed by atoms with E-state index in [0.29, 0.717) is 31.5 Å². The molecule has 2 fully saturated rings. The van der Waals surface area contributed by atoms with Gasteiger partial charge in [0.25, 0.3) is 0 Å². The first-order valence-electron chi connectivity index (χ1n) is 10.0. The van der Waals surface area contributed by atoms with E-state index >= 15 is 0 Å². The van der Waals surface area contributed by atoms with Crippen molar-refractivity contribution in [2.45, 2.75) is 31.2 Å². The number of carbonyl (C=O) groups is 1. The molecule has 4 rings (SSSR count). The highest BCUT2D eigenvalue weighted by molar-refractivity contribution is 7.88. The van der Waals surface area contributed by atoms with Gasteiger partial charge in [0.2, 0.25) is 15.9 Å². The smallest absolute Gasteiger partial charge is 0.226 e. The van der Waals surface area contributed by atoms with Gasteiger partial charge in [-0.25, -0.2) is 21.9 Å². The van der Waals surface area contributed by atoms with Crippen LogP contribution in [0.4, 0.5) is 8.78 Å². The van der Waals surface area contributed by atoms with E-state index in [1.54, 1.807) is 11.0 Å². The molecule has 1 amide bonds. The van der Waals surface area contributed by atoms with Crippen LogP contribution in [0.3, 0.4) is 0 Å². The summed E-state index contributed by atoms with van der Waals surface area (Å²) in [4.78, 5) is 14.8. The molecule has 0 unspecified atom stereocenters. The fraction of sp³-hybridized carbons (Fsp3) is 0.409. The van der Waals surface area contributed by atoms with Crippen molar-refractivity contribution in [1.29, 1.82) is 0 Å². The zero-order valence-corrected chi connectivity index (χ0v) is 17.5. The molecule has 1 N–H and O–H groups in total. The van der Waals surface area contributed by atoms with Crippen LogP contribution in [0.15, 0.2) is 42.5 Å². The Morgan fingerprint density at radius 3 is 2.63 bits per heavy atom. The van der Waals surface area contributed by atoms with Crippen LogP contribution in [0, 0.1) is 17.6 Å². The van der Waals surface area contributed by atoms with Crippen molar-refractivity contribution >= 4 is 15.9 Å². The standard InChI is InChI=1S/C22H24F2N2O3S/c1-30(28,29)25-15-5-4-10-26(13-15)22(27)19-12-18(19)17-7-3-2-6-16(17)14-8-9-20(23)21(24)11-14/h2-3,6-9,11,15,18-19,25H,4-5,10,12-13H2,1H3/t15-,18-,19+/m0/s1. The summed E-state index contributed by atoms with van der Waals surface area (Å²) in [5, 5.41) is 0. The van der Waals surface area contributed by atoms with Gasteiger partial charge in [-0.3, -0.25) is 4.79 Å². The van der Waals surface area contributed by atoms with E-state index in [1.165, 1.54) is 6.07 Å². The summed E-state index contributed by atoms with van der Waals surface area (Å²) in [5.74, 6) is -1.92. The Bertz CT molecular complexity index is 1070. The lowest BCUT2D eigenvalue weighted by molar-refractivity contribution is -0.133. The van der Waals surface area contributed by atoms with Crippen molar-refractivity contribution in [1.82, 2.24) is 9.62 Å². The molecule has 8 heteroatoms. The van der Waals surface area contributed by atoms with Crippen LogP contribution >= 0.6 is 0 Å². The molecule has 0 radical (unpaired) electrons. The molecular weight excluding hydrogens is 410 g/mol. The molecule has 1 aliphatic heterocycles. The number of hydrogen-bond donors (Lipinski definition) is 1. The maximum atomic E-state index is 13.7. The molecule has 0 spiro atoms. The van der Waals surface area contributed by atoms with E-state index in [1.807, 2.05) is 24.3 Å². The normalized spacial score (nSPS) is 24.0. The number of likely N-dealkylation sites (tertiary alicyclic amines) is 1. The average molecular weight is 435 g/mol. The average Bonchev–Trinajstić information content (AvgIpc) is 3.49. The summed E-state index contributed by atoms with van der Waals surface area (Å²) in [6.07, 6.45) is 3.28. The summed E-state index contributed by atoms with van der Waals surface area (Å²) in [7, 11) is -3.32. The summed E-state index contributed by atoms with van der Waals surface area (Å²) >= 11 is 0. The van der Waals surface area contributed by atoms with Gasteiger partial charge in [0, 0.05) is 25.0 Å². The predicted octanol–water partition coefficient (Wildman–Crippen LogP) is 3.28. The molecule has 3 atom stereocenters. The van der Waals surface area contributed by atoms with Crippen LogP contribution in [-0.4, -0.2) is 44.6 Å². The highest BCUT2D eigenvalue weighted by atomic mass is 32.2. The number of benzene rings is 2. The molecule has 1 heterocycles. The molecule has 2 aromatic carbocycles. The predicted molar refractivity (Wildman–Crippen MR) is 110 cm³/mol. The van der Waals surface area contributed by atoms with Crippen molar-refractivity contribution in [3.8, 4) is 11.1 Å². The molecule has 0 aromatic heterocycles. The number of halogens is 2. The summed E-state index contributed by atoms with van der Waals surface area (Å²) in [6, 6.07) is 11.1. The first-order chi connectivity index (χ1) is 14.2.